The molecule has 2 aromatic carbocycles. The number of carboxylic acid groups (broad SMARTS) is 1. The first kappa shape index (κ1) is 16.6. The Hall–Kier alpha value is -3.28. The number of amides is 1. The molecule has 0 radical (unpaired) electrons. The monoisotopic (exact) mass is 338 g/mol. The van der Waals surface area contributed by atoms with Crippen LogP contribution in [-0.2, 0) is 6.42 Å². The molecule has 3 rings (SSSR count). The fourth-order valence-corrected chi connectivity index (χ4v) is 2.39. The Kier molecular flexibility index (Phi) is 4.99. The number of carbonyl (C=O) groups is 1. The summed E-state index contributed by atoms with van der Waals surface area (Å²) in [4.78, 5) is 15.1. The van der Waals surface area contributed by atoms with Gasteiger partial charge < -0.3 is 14.3 Å². The Bertz CT molecular complexity index is 842. The molecule has 1 aromatic heterocycles. The standard InChI is InChI=1S/C19H18N2O4/c1-13-17(21-18(25-13)14-5-3-2-4-6-14)11-12-24-16-9-7-15(8-10-16)20-19(22)23/h2-10,20H,11-12H2,1H3,(H,22,23). The third-order valence-corrected chi connectivity index (χ3v) is 3.63. The number of ether oxygens (including phenoxy) is 1. The fraction of sp³-hybridized carbons (Fsp3) is 0.158. The molecule has 1 heterocycles. The molecular formula is C19H18N2O4. The second-order valence-corrected chi connectivity index (χ2v) is 5.44. The summed E-state index contributed by atoms with van der Waals surface area (Å²) < 4.78 is 11.4. The molecule has 0 saturated heterocycles. The third kappa shape index (κ3) is 4.38. The van der Waals surface area contributed by atoms with Gasteiger partial charge in [0, 0.05) is 17.7 Å². The second-order valence-electron chi connectivity index (χ2n) is 5.44. The van der Waals surface area contributed by atoms with Crippen molar-refractivity contribution < 1.29 is 19.1 Å². The maximum Gasteiger partial charge on any atom is 0.409 e. The molecule has 0 aliphatic carbocycles. The predicted octanol–water partition coefficient (Wildman–Crippen LogP) is 4.36. The number of anilines is 1. The molecule has 25 heavy (non-hydrogen) atoms. The van der Waals surface area contributed by atoms with E-state index >= 15 is 0 Å². The van der Waals surface area contributed by atoms with Crippen LogP contribution in [0.2, 0.25) is 0 Å². The first-order chi connectivity index (χ1) is 12.1. The van der Waals surface area contributed by atoms with Gasteiger partial charge >= 0.3 is 6.09 Å². The van der Waals surface area contributed by atoms with Crippen molar-refractivity contribution in [1.29, 1.82) is 0 Å². The lowest BCUT2D eigenvalue weighted by molar-refractivity contribution is 0.209. The van der Waals surface area contributed by atoms with E-state index in [2.05, 4.69) is 10.3 Å². The van der Waals surface area contributed by atoms with E-state index < -0.39 is 6.09 Å². The summed E-state index contributed by atoms with van der Waals surface area (Å²) in [7, 11) is 0. The van der Waals surface area contributed by atoms with Crippen molar-refractivity contribution in [1.82, 2.24) is 4.98 Å². The van der Waals surface area contributed by atoms with Gasteiger partial charge in [0.15, 0.2) is 0 Å². The number of hydrogen-bond donors (Lipinski definition) is 2. The maximum absolute atomic E-state index is 10.6. The SMILES string of the molecule is Cc1oc(-c2ccccc2)nc1CCOc1ccc(NC(=O)O)cc1. The first-order valence-corrected chi connectivity index (χ1v) is 7.86. The molecule has 1 amide bonds. The number of benzene rings is 2. The van der Waals surface area contributed by atoms with Crippen LogP contribution in [0.25, 0.3) is 11.5 Å². The van der Waals surface area contributed by atoms with E-state index in [0.29, 0.717) is 30.4 Å². The van der Waals surface area contributed by atoms with E-state index in [-0.39, 0.29) is 0 Å². The number of oxazole rings is 1. The number of rotatable bonds is 6. The largest absolute Gasteiger partial charge is 0.493 e. The summed E-state index contributed by atoms with van der Waals surface area (Å²) in [6, 6.07) is 16.5. The van der Waals surface area contributed by atoms with Crippen molar-refractivity contribution in [2.75, 3.05) is 11.9 Å². The van der Waals surface area contributed by atoms with Gasteiger partial charge in [0.25, 0.3) is 0 Å². The van der Waals surface area contributed by atoms with E-state index in [0.717, 1.165) is 17.0 Å². The minimum Gasteiger partial charge on any atom is -0.493 e. The van der Waals surface area contributed by atoms with Crippen LogP contribution in [0.4, 0.5) is 10.5 Å². The summed E-state index contributed by atoms with van der Waals surface area (Å²) in [5.41, 5.74) is 2.31. The maximum atomic E-state index is 10.6. The average molecular weight is 338 g/mol. The molecule has 0 bridgehead atoms. The summed E-state index contributed by atoms with van der Waals surface area (Å²) in [6.07, 6.45) is -0.471. The Balaban J connectivity index is 1.57. The van der Waals surface area contributed by atoms with Gasteiger partial charge in [-0.1, -0.05) is 18.2 Å². The predicted molar refractivity (Wildman–Crippen MR) is 94.0 cm³/mol. The Morgan fingerprint density at radius 3 is 2.56 bits per heavy atom. The molecule has 0 spiro atoms. The zero-order chi connectivity index (χ0) is 17.6. The highest BCUT2D eigenvalue weighted by Crippen LogP contribution is 2.22. The quantitative estimate of drug-likeness (QED) is 0.697. The lowest BCUT2D eigenvalue weighted by atomic mass is 10.2. The number of aromatic nitrogens is 1. The van der Waals surface area contributed by atoms with Gasteiger partial charge in [-0.3, -0.25) is 5.32 Å². The minimum atomic E-state index is -1.09. The molecule has 0 fully saturated rings. The molecular weight excluding hydrogens is 320 g/mol. The van der Waals surface area contributed by atoms with Crippen molar-refractivity contribution in [3.63, 3.8) is 0 Å². The van der Waals surface area contributed by atoms with Crippen LogP contribution >= 0.6 is 0 Å². The van der Waals surface area contributed by atoms with Crippen molar-refractivity contribution in [2.24, 2.45) is 0 Å². The topological polar surface area (TPSA) is 84.6 Å². The van der Waals surface area contributed by atoms with Gasteiger partial charge in [-0.05, 0) is 43.3 Å². The van der Waals surface area contributed by atoms with E-state index in [1.807, 2.05) is 37.3 Å². The highest BCUT2D eigenvalue weighted by molar-refractivity contribution is 5.82. The van der Waals surface area contributed by atoms with Crippen LogP contribution in [0, 0.1) is 6.92 Å². The summed E-state index contributed by atoms with van der Waals surface area (Å²) in [5, 5.41) is 10.9. The van der Waals surface area contributed by atoms with Gasteiger partial charge in [0.2, 0.25) is 5.89 Å². The van der Waals surface area contributed by atoms with E-state index in [9.17, 15) is 4.79 Å². The Labute approximate surface area is 145 Å². The lowest BCUT2D eigenvalue weighted by Crippen LogP contribution is -2.07. The molecule has 0 atom stereocenters. The zero-order valence-electron chi connectivity index (χ0n) is 13.7. The van der Waals surface area contributed by atoms with Gasteiger partial charge in [-0.15, -0.1) is 0 Å². The highest BCUT2D eigenvalue weighted by atomic mass is 16.5. The number of nitrogens with one attached hydrogen (secondary N) is 1. The number of aryl methyl sites for hydroxylation is 1. The summed E-state index contributed by atoms with van der Waals surface area (Å²) >= 11 is 0. The van der Waals surface area contributed by atoms with Gasteiger partial charge in [0.1, 0.15) is 11.5 Å². The van der Waals surface area contributed by atoms with Crippen LogP contribution < -0.4 is 10.1 Å². The normalized spacial score (nSPS) is 10.4. The van der Waals surface area contributed by atoms with Crippen molar-refractivity contribution in [3.8, 4) is 17.2 Å². The van der Waals surface area contributed by atoms with Crippen molar-refractivity contribution in [3.05, 3.63) is 66.1 Å². The average Bonchev–Trinajstić information content (AvgIpc) is 2.98. The molecule has 6 nitrogen and oxygen atoms in total. The van der Waals surface area contributed by atoms with Crippen LogP contribution in [0.5, 0.6) is 5.75 Å². The number of hydrogen-bond acceptors (Lipinski definition) is 4. The van der Waals surface area contributed by atoms with E-state index in [1.165, 1.54) is 0 Å². The van der Waals surface area contributed by atoms with Crippen LogP contribution in [0.3, 0.4) is 0 Å². The molecule has 2 N–H and O–H groups in total. The smallest absolute Gasteiger partial charge is 0.409 e. The van der Waals surface area contributed by atoms with Gasteiger partial charge in [-0.2, -0.15) is 0 Å². The fourth-order valence-electron chi connectivity index (χ4n) is 2.39. The lowest BCUT2D eigenvalue weighted by Gasteiger charge is -2.06. The molecule has 0 unspecified atom stereocenters. The van der Waals surface area contributed by atoms with Crippen LogP contribution in [0.15, 0.2) is 59.0 Å². The Morgan fingerprint density at radius 1 is 1.16 bits per heavy atom. The summed E-state index contributed by atoms with van der Waals surface area (Å²) in [5.74, 6) is 2.06. The van der Waals surface area contributed by atoms with Crippen molar-refractivity contribution in [2.45, 2.75) is 13.3 Å². The van der Waals surface area contributed by atoms with Crippen molar-refractivity contribution >= 4 is 11.8 Å². The summed E-state index contributed by atoms with van der Waals surface area (Å²) in [6.45, 7) is 2.34. The highest BCUT2D eigenvalue weighted by Gasteiger charge is 2.11. The minimum absolute atomic E-state index is 0.452. The van der Waals surface area contributed by atoms with Gasteiger partial charge in [-0.25, -0.2) is 9.78 Å². The van der Waals surface area contributed by atoms with E-state index in [1.54, 1.807) is 24.3 Å². The first-order valence-electron chi connectivity index (χ1n) is 7.86. The molecule has 6 heteroatoms. The van der Waals surface area contributed by atoms with Gasteiger partial charge in [0.05, 0.1) is 12.3 Å². The molecule has 0 saturated carbocycles. The second kappa shape index (κ2) is 7.53. The van der Waals surface area contributed by atoms with Crippen LogP contribution in [-0.4, -0.2) is 22.8 Å². The van der Waals surface area contributed by atoms with Crippen LogP contribution in [0.1, 0.15) is 11.5 Å². The number of nitrogens with zero attached hydrogens (tertiary/aromatic N) is 1. The molecule has 3 aromatic rings. The molecule has 0 aliphatic heterocycles. The van der Waals surface area contributed by atoms with E-state index in [4.69, 9.17) is 14.3 Å². The third-order valence-electron chi connectivity index (χ3n) is 3.63. The molecule has 0 aliphatic rings. The molecule has 128 valence electrons. The Morgan fingerprint density at radius 2 is 1.88 bits per heavy atom. The zero-order valence-corrected chi connectivity index (χ0v) is 13.7.